The third-order valence-electron chi connectivity index (χ3n) is 3.54. The maximum absolute atomic E-state index is 13.0. The lowest BCUT2D eigenvalue weighted by atomic mass is 10.1. The fourth-order valence-electron chi connectivity index (χ4n) is 2.40. The van der Waals surface area contributed by atoms with E-state index in [9.17, 15) is 4.79 Å². The standard InChI is InChI=1S/C19H21NO4/c1-5-11-20(15-9-7-6-8-10-15)19(21)14-12-16(22-2)18(24-4)17(13-14)23-3/h5-10,12-13H,1,11H2,2-4H3. The van der Waals surface area contributed by atoms with Gasteiger partial charge in [-0.2, -0.15) is 0 Å². The minimum Gasteiger partial charge on any atom is -0.493 e. The first kappa shape index (κ1) is 17.4. The van der Waals surface area contributed by atoms with Gasteiger partial charge in [-0.15, -0.1) is 6.58 Å². The molecule has 2 aromatic carbocycles. The number of hydrogen-bond acceptors (Lipinski definition) is 4. The maximum atomic E-state index is 13.0. The molecule has 1 amide bonds. The number of para-hydroxylation sites is 1. The number of anilines is 1. The van der Waals surface area contributed by atoms with Crippen LogP contribution in [0.3, 0.4) is 0 Å². The summed E-state index contributed by atoms with van der Waals surface area (Å²) in [5.41, 5.74) is 1.23. The Bertz CT molecular complexity index is 688. The average molecular weight is 327 g/mol. The van der Waals surface area contributed by atoms with E-state index in [2.05, 4.69) is 6.58 Å². The third kappa shape index (κ3) is 3.51. The van der Waals surface area contributed by atoms with Crippen molar-refractivity contribution in [3.63, 3.8) is 0 Å². The number of benzene rings is 2. The van der Waals surface area contributed by atoms with Gasteiger partial charge >= 0.3 is 0 Å². The van der Waals surface area contributed by atoms with Crippen LogP contribution in [0.25, 0.3) is 0 Å². The summed E-state index contributed by atoms with van der Waals surface area (Å²) < 4.78 is 15.9. The minimum absolute atomic E-state index is 0.180. The van der Waals surface area contributed by atoms with Crippen LogP contribution < -0.4 is 19.1 Å². The van der Waals surface area contributed by atoms with Crippen molar-refractivity contribution in [1.82, 2.24) is 0 Å². The molecule has 126 valence electrons. The molecular weight excluding hydrogens is 306 g/mol. The van der Waals surface area contributed by atoms with Gasteiger partial charge < -0.3 is 19.1 Å². The van der Waals surface area contributed by atoms with E-state index in [1.165, 1.54) is 21.3 Å². The van der Waals surface area contributed by atoms with Gasteiger partial charge in [0.15, 0.2) is 11.5 Å². The number of rotatable bonds is 7. The fraction of sp³-hybridized carbons (Fsp3) is 0.211. The van der Waals surface area contributed by atoms with Crippen LogP contribution in [0.1, 0.15) is 10.4 Å². The molecule has 0 saturated carbocycles. The Morgan fingerprint density at radius 2 is 1.62 bits per heavy atom. The van der Waals surface area contributed by atoms with Gasteiger partial charge in [0.2, 0.25) is 5.75 Å². The molecule has 0 spiro atoms. The fourth-order valence-corrected chi connectivity index (χ4v) is 2.40. The molecule has 0 atom stereocenters. The Morgan fingerprint density at radius 3 is 2.08 bits per heavy atom. The third-order valence-corrected chi connectivity index (χ3v) is 3.54. The summed E-state index contributed by atoms with van der Waals surface area (Å²) in [7, 11) is 4.56. The van der Waals surface area contributed by atoms with E-state index >= 15 is 0 Å². The van der Waals surface area contributed by atoms with Crippen LogP contribution in [0.15, 0.2) is 55.1 Å². The molecule has 0 aliphatic carbocycles. The van der Waals surface area contributed by atoms with Crippen molar-refractivity contribution in [3.8, 4) is 17.2 Å². The SMILES string of the molecule is C=CCN(C(=O)c1cc(OC)c(OC)c(OC)c1)c1ccccc1. The molecule has 0 aliphatic heterocycles. The molecule has 2 aromatic rings. The monoisotopic (exact) mass is 327 g/mol. The first-order valence-electron chi connectivity index (χ1n) is 7.44. The summed E-state index contributed by atoms with van der Waals surface area (Å²) in [6.07, 6.45) is 1.68. The first-order chi connectivity index (χ1) is 11.7. The van der Waals surface area contributed by atoms with Crippen molar-refractivity contribution in [2.75, 3.05) is 32.8 Å². The molecule has 0 fully saturated rings. The molecule has 0 radical (unpaired) electrons. The summed E-state index contributed by atoms with van der Waals surface area (Å²) in [4.78, 5) is 14.6. The lowest BCUT2D eigenvalue weighted by molar-refractivity contribution is 0.0989. The molecule has 5 heteroatoms. The molecule has 0 unspecified atom stereocenters. The van der Waals surface area contributed by atoms with Gasteiger partial charge in [-0.05, 0) is 24.3 Å². The largest absolute Gasteiger partial charge is 0.493 e. The molecule has 0 saturated heterocycles. The molecule has 0 bridgehead atoms. The number of ether oxygens (including phenoxy) is 3. The van der Waals surface area contributed by atoms with E-state index in [0.717, 1.165) is 5.69 Å². The highest BCUT2D eigenvalue weighted by Gasteiger charge is 2.21. The van der Waals surface area contributed by atoms with Crippen molar-refractivity contribution in [2.24, 2.45) is 0 Å². The number of amides is 1. The summed E-state index contributed by atoms with van der Waals surface area (Å²) in [6, 6.07) is 12.7. The second-order valence-corrected chi connectivity index (χ2v) is 4.95. The van der Waals surface area contributed by atoms with Gasteiger partial charge in [-0.3, -0.25) is 4.79 Å². The highest BCUT2D eigenvalue weighted by molar-refractivity contribution is 6.07. The van der Waals surface area contributed by atoms with Crippen LogP contribution in [0.2, 0.25) is 0 Å². The number of carbonyl (C=O) groups is 1. The number of carbonyl (C=O) groups excluding carboxylic acids is 1. The summed E-state index contributed by atoms with van der Waals surface area (Å²) in [5, 5.41) is 0. The van der Waals surface area contributed by atoms with Crippen LogP contribution in [0, 0.1) is 0 Å². The number of methoxy groups -OCH3 is 3. The smallest absolute Gasteiger partial charge is 0.258 e. The van der Waals surface area contributed by atoms with Crippen LogP contribution in [0.4, 0.5) is 5.69 Å². The van der Waals surface area contributed by atoms with Gasteiger partial charge in [0, 0.05) is 17.8 Å². The van der Waals surface area contributed by atoms with Gasteiger partial charge in [0.05, 0.1) is 21.3 Å². The van der Waals surface area contributed by atoms with E-state index in [-0.39, 0.29) is 5.91 Å². The Labute approximate surface area is 142 Å². The zero-order valence-corrected chi connectivity index (χ0v) is 14.1. The predicted octanol–water partition coefficient (Wildman–Crippen LogP) is 3.55. The average Bonchev–Trinajstić information content (AvgIpc) is 2.64. The quantitative estimate of drug-likeness (QED) is 0.730. The van der Waals surface area contributed by atoms with Crippen LogP contribution in [0.5, 0.6) is 17.2 Å². The Balaban J connectivity index is 2.48. The minimum atomic E-state index is -0.180. The van der Waals surface area contributed by atoms with E-state index in [1.807, 2.05) is 30.3 Å². The number of nitrogens with zero attached hydrogens (tertiary/aromatic N) is 1. The van der Waals surface area contributed by atoms with Crippen molar-refractivity contribution < 1.29 is 19.0 Å². The molecule has 0 heterocycles. The second kappa shape index (κ2) is 8.06. The van der Waals surface area contributed by atoms with Gasteiger partial charge in [-0.25, -0.2) is 0 Å². The first-order valence-corrected chi connectivity index (χ1v) is 7.44. The van der Waals surface area contributed by atoms with Crippen molar-refractivity contribution >= 4 is 11.6 Å². The number of hydrogen-bond donors (Lipinski definition) is 0. The molecular formula is C19H21NO4. The van der Waals surface area contributed by atoms with Crippen molar-refractivity contribution in [3.05, 3.63) is 60.7 Å². The zero-order chi connectivity index (χ0) is 17.5. The molecule has 2 rings (SSSR count). The Kier molecular flexibility index (Phi) is 5.84. The Morgan fingerprint density at radius 1 is 1.04 bits per heavy atom. The summed E-state index contributed by atoms with van der Waals surface area (Å²) >= 11 is 0. The molecule has 0 aliphatic rings. The van der Waals surface area contributed by atoms with E-state index in [1.54, 1.807) is 23.1 Å². The normalized spacial score (nSPS) is 9.96. The molecule has 5 nitrogen and oxygen atoms in total. The van der Waals surface area contributed by atoms with Gasteiger partial charge in [0.25, 0.3) is 5.91 Å². The topological polar surface area (TPSA) is 48.0 Å². The Hall–Kier alpha value is -2.95. The second-order valence-electron chi connectivity index (χ2n) is 4.95. The predicted molar refractivity (Wildman–Crippen MR) is 94.4 cm³/mol. The molecule has 0 aromatic heterocycles. The van der Waals surface area contributed by atoms with Crippen LogP contribution in [-0.2, 0) is 0 Å². The van der Waals surface area contributed by atoms with E-state index in [4.69, 9.17) is 14.2 Å². The highest BCUT2D eigenvalue weighted by Crippen LogP contribution is 2.38. The van der Waals surface area contributed by atoms with Crippen LogP contribution in [-0.4, -0.2) is 33.8 Å². The van der Waals surface area contributed by atoms with Gasteiger partial charge in [0.1, 0.15) is 0 Å². The summed E-state index contributed by atoms with van der Waals surface area (Å²) in [5.74, 6) is 1.14. The summed E-state index contributed by atoms with van der Waals surface area (Å²) in [6.45, 7) is 4.12. The highest BCUT2D eigenvalue weighted by atomic mass is 16.5. The van der Waals surface area contributed by atoms with Crippen LogP contribution >= 0.6 is 0 Å². The lowest BCUT2D eigenvalue weighted by Gasteiger charge is -2.22. The van der Waals surface area contributed by atoms with Crippen molar-refractivity contribution in [1.29, 1.82) is 0 Å². The van der Waals surface area contributed by atoms with Crippen molar-refractivity contribution in [2.45, 2.75) is 0 Å². The molecule has 24 heavy (non-hydrogen) atoms. The lowest BCUT2D eigenvalue weighted by Crippen LogP contribution is -2.31. The van der Waals surface area contributed by atoms with Gasteiger partial charge in [-0.1, -0.05) is 24.3 Å². The molecule has 0 N–H and O–H groups in total. The zero-order valence-electron chi connectivity index (χ0n) is 14.1. The van der Waals surface area contributed by atoms with E-state index < -0.39 is 0 Å². The van der Waals surface area contributed by atoms with E-state index in [0.29, 0.717) is 29.4 Å². The maximum Gasteiger partial charge on any atom is 0.258 e.